The highest BCUT2D eigenvalue weighted by Gasteiger charge is 2.16. The van der Waals surface area contributed by atoms with Gasteiger partial charge in [0.2, 0.25) is 0 Å². The first-order valence-corrected chi connectivity index (χ1v) is 5.13. The monoisotopic (exact) mass is 183 g/mol. The average Bonchev–Trinajstić information content (AvgIpc) is 2.17. The minimum absolute atomic E-state index is 0.687. The second kappa shape index (κ2) is 6.13. The molecule has 0 aromatic rings. The Morgan fingerprint density at radius 3 is 2.69 bits per heavy atom. The minimum atomic E-state index is 0.687. The topological polar surface area (TPSA) is 41.3 Å². The van der Waals surface area contributed by atoms with Gasteiger partial charge in [-0.3, -0.25) is 0 Å². The minimum Gasteiger partial charge on any atom is -0.329 e. The second-order valence-corrected chi connectivity index (χ2v) is 3.60. The molecule has 0 spiro atoms. The number of piperidine rings is 1. The van der Waals surface area contributed by atoms with Crippen LogP contribution in [-0.4, -0.2) is 43.7 Å². The molecule has 0 bridgehead atoms. The van der Waals surface area contributed by atoms with Crippen molar-refractivity contribution in [2.24, 2.45) is 5.73 Å². The number of nitrogens with two attached hydrogens (primary N) is 1. The van der Waals surface area contributed by atoms with Crippen LogP contribution < -0.4 is 11.1 Å². The molecule has 1 saturated heterocycles. The van der Waals surface area contributed by atoms with E-state index in [9.17, 15) is 0 Å². The first kappa shape index (κ1) is 10.7. The standard InChI is InChI=1S/C10H21N3/c1-2-6-12-10-3-7-13(8-4-10)9-5-11/h2,10,12H,1,3-9,11H2. The Hall–Kier alpha value is -0.380. The fourth-order valence-corrected chi connectivity index (χ4v) is 1.79. The molecule has 0 aromatic carbocycles. The van der Waals surface area contributed by atoms with E-state index in [1.807, 2.05) is 6.08 Å². The van der Waals surface area contributed by atoms with Crippen molar-refractivity contribution in [2.75, 3.05) is 32.7 Å². The molecule has 3 N–H and O–H groups in total. The fourth-order valence-electron chi connectivity index (χ4n) is 1.79. The molecular weight excluding hydrogens is 162 g/mol. The lowest BCUT2D eigenvalue weighted by molar-refractivity contribution is 0.205. The third-order valence-corrected chi connectivity index (χ3v) is 2.58. The number of rotatable bonds is 5. The third-order valence-electron chi connectivity index (χ3n) is 2.58. The van der Waals surface area contributed by atoms with E-state index >= 15 is 0 Å². The fraction of sp³-hybridized carbons (Fsp3) is 0.800. The van der Waals surface area contributed by atoms with E-state index in [1.165, 1.54) is 25.9 Å². The van der Waals surface area contributed by atoms with Crippen LogP contribution in [0.2, 0.25) is 0 Å². The van der Waals surface area contributed by atoms with Crippen molar-refractivity contribution in [1.82, 2.24) is 10.2 Å². The highest BCUT2D eigenvalue weighted by molar-refractivity contribution is 4.80. The van der Waals surface area contributed by atoms with Gasteiger partial charge >= 0.3 is 0 Å². The second-order valence-electron chi connectivity index (χ2n) is 3.60. The molecule has 1 fully saturated rings. The van der Waals surface area contributed by atoms with Crippen LogP contribution in [-0.2, 0) is 0 Å². The quantitative estimate of drug-likeness (QED) is 0.598. The molecule has 0 amide bonds. The number of likely N-dealkylation sites (tertiary alicyclic amines) is 1. The van der Waals surface area contributed by atoms with E-state index in [0.29, 0.717) is 6.04 Å². The van der Waals surface area contributed by atoms with Gasteiger partial charge in [0.1, 0.15) is 0 Å². The predicted molar refractivity (Wildman–Crippen MR) is 56.7 cm³/mol. The normalized spacial score (nSPS) is 20.4. The highest BCUT2D eigenvalue weighted by Crippen LogP contribution is 2.08. The summed E-state index contributed by atoms with van der Waals surface area (Å²) in [5.41, 5.74) is 5.50. The van der Waals surface area contributed by atoms with Crippen LogP contribution in [0.4, 0.5) is 0 Å². The molecule has 1 aliphatic rings. The average molecular weight is 183 g/mol. The summed E-state index contributed by atoms with van der Waals surface area (Å²) < 4.78 is 0. The molecule has 1 aliphatic heterocycles. The van der Waals surface area contributed by atoms with Crippen molar-refractivity contribution in [3.63, 3.8) is 0 Å². The van der Waals surface area contributed by atoms with Crippen molar-refractivity contribution in [2.45, 2.75) is 18.9 Å². The molecule has 3 heteroatoms. The molecule has 0 aromatic heterocycles. The lowest BCUT2D eigenvalue weighted by Gasteiger charge is -2.31. The van der Waals surface area contributed by atoms with Crippen LogP contribution in [0.15, 0.2) is 12.7 Å². The zero-order chi connectivity index (χ0) is 9.52. The Bertz CT molecular complexity index is 139. The van der Waals surface area contributed by atoms with Gasteiger partial charge in [-0.25, -0.2) is 0 Å². The first-order valence-electron chi connectivity index (χ1n) is 5.13. The summed E-state index contributed by atoms with van der Waals surface area (Å²) in [5, 5.41) is 3.46. The van der Waals surface area contributed by atoms with Crippen LogP contribution in [0, 0.1) is 0 Å². The van der Waals surface area contributed by atoms with Gasteiger partial charge in [-0.1, -0.05) is 6.08 Å². The predicted octanol–water partition coefficient (Wildman–Crippen LogP) is 0.185. The largest absolute Gasteiger partial charge is 0.329 e. The van der Waals surface area contributed by atoms with Crippen molar-refractivity contribution in [3.8, 4) is 0 Å². The molecule has 0 saturated carbocycles. The SMILES string of the molecule is C=CCNC1CCN(CCN)CC1. The Morgan fingerprint density at radius 1 is 1.46 bits per heavy atom. The van der Waals surface area contributed by atoms with Gasteiger partial charge in [0.15, 0.2) is 0 Å². The molecule has 0 aliphatic carbocycles. The molecule has 0 unspecified atom stereocenters. The number of nitrogens with one attached hydrogen (secondary N) is 1. The Kier molecular flexibility index (Phi) is 5.05. The molecule has 0 atom stereocenters. The van der Waals surface area contributed by atoms with Crippen molar-refractivity contribution < 1.29 is 0 Å². The van der Waals surface area contributed by atoms with E-state index in [2.05, 4.69) is 16.8 Å². The van der Waals surface area contributed by atoms with E-state index in [0.717, 1.165) is 19.6 Å². The third kappa shape index (κ3) is 3.89. The first-order chi connectivity index (χ1) is 6.36. The van der Waals surface area contributed by atoms with Gasteiger partial charge in [-0.2, -0.15) is 0 Å². The van der Waals surface area contributed by atoms with Gasteiger partial charge < -0.3 is 16.0 Å². The van der Waals surface area contributed by atoms with Crippen molar-refractivity contribution in [1.29, 1.82) is 0 Å². The summed E-state index contributed by atoms with van der Waals surface area (Å²) in [4.78, 5) is 2.44. The maximum absolute atomic E-state index is 5.50. The van der Waals surface area contributed by atoms with Crippen molar-refractivity contribution in [3.05, 3.63) is 12.7 Å². The molecule has 0 radical (unpaired) electrons. The molecule has 13 heavy (non-hydrogen) atoms. The number of nitrogens with zero attached hydrogens (tertiary/aromatic N) is 1. The van der Waals surface area contributed by atoms with Crippen LogP contribution in [0.5, 0.6) is 0 Å². The summed E-state index contributed by atoms with van der Waals surface area (Å²) in [6.07, 6.45) is 4.41. The summed E-state index contributed by atoms with van der Waals surface area (Å²) in [5.74, 6) is 0. The summed E-state index contributed by atoms with van der Waals surface area (Å²) >= 11 is 0. The van der Waals surface area contributed by atoms with Gasteiger partial charge in [0, 0.05) is 25.7 Å². The van der Waals surface area contributed by atoms with Gasteiger partial charge in [-0.15, -0.1) is 6.58 Å². The van der Waals surface area contributed by atoms with Gasteiger partial charge in [0.05, 0.1) is 0 Å². The zero-order valence-corrected chi connectivity index (χ0v) is 8.34. The summed E-state index contributed by atoms with van der Waals surface area (Å²) in [6.45, 7) is 8.84. The Morgan fingerprint density at radius 2 is 2.15 bits per heavy atom. The summed E-state index contributed by atoms with van der Waals surface area (Å²) in [6, 6.07) is 0.687. The van der Waals surface area contributed by atoms with Gasteiger partial charge in [-0.05, 0) is 25.9 Å². The van der Waals surface area contributed by atoms with Crippen LogP contribution in [0.25, 0.3) is 0 Å². The van der Waals surface area contributed by atoms with E-state index in [-0.39, 0.29) is 0 Å². The molecule has 1 heterocycles. The maximum Gasteiger partial charge on any atom is 0.0134 e. The maximum atomic E-state index is 5.50. The molecule has 1 rings (SSSR count). The summed E-state index contributed by atoms with van der Waals surface area (Å²) in [7, 11) is 0. The smallest absolute Gasteiger partial charge is 0.0134 e. The molecule has 3 nitrogen and oxygen atoms in total. The van der Waals surface area contributed by atoms with Crippen LogP contribution >= 0.6 is 0 Å². The Labute approximate surface area is 81.0 Å². The highest BCUT2D eigenvalue weighted by atomic mass is 15.1. The van der Waals surface area contributed by atoms with E-state index in [4.69, 9.17) is 5.73 Å². The molecular formula is C10H21N3. The number of hydrogen-bond acceptors (Lipinski definition) is 3. The zero-order valence-electron chi connectivity index (χ0n) is 8.34. The van der Waals surface area contributed by atoms with E-state index in [1.54, 1.807) is 0 Å². The van der Waals surface area contributed by atoms with Crippen LogP contribution in [0.3, 0.4) is 0 Å². The Balaban J connectivity index is 2.11. The lowest BCUT2D eigenvalue weighted by atomic mass is 10.1. The van der Waals surface area contributed by atoms with Crippen molar-refractivity contribution >= 4 is 0 Å². The molecule has 76 valence electrons. The van der Waals surface area contributed by atoms with Crippen LogP contribution in [0.1, 0.15) is 12.8 Å². The van der Waals surface area contributed by atoms with E-state index < -0.39 is 0 Å². The lowest BCUT2D eigenvalue weighted by Crippen LogP contribution is -2.43. The number of hydrogen-bond donors (Lipinski definition) is 2. The van der Waals surface area contributed by atoms with Gasteiger partial charge in [0.25, 0.3) is 0 Å².